The van der Waals surface area contributed by atoms with Crippen LogP contribution in [0, 0.1) is 12.7 Å². The highest BCUT2D eigenvalue weighted by molar-refractivity contribution is 7.20. The predicted molar refractivity (Wildman–Crippen MR) is 111 cm³/mol. The van der Waals surface area contributed by atoms with Gasteiger partial charge in [-0.25, -0.2) is 9.37 Å². The fourth-order valence-corrected chi connectivity index (χ4v) is 4.92. The zero-order valence-electron chi connectivity index (χ0n) is 16.6. The minimum atomic E-state index is -0.356. The molecule has 1 fully saturated rings. The van der Waals surface area contributed by atoms with Crippen molar-refractivity contribution in [2.75, 3.05) is 32.7 Å². The summed E-state index contributed by atoms with van der Waals surface area (Å²) in [5.74, 6) is -0.383. The van der Waals surface area contributed by atoms with E-state index in [0.717, 1.165) is 32.7 Å². The average Bonchev–Trinajstić information content (AvgIpc) is 3.08. The van der Waals surface area contributed by atoms with Gasteiger partial charge in [-0.2, -0.15) is 0 Å². The van der Waals surface area contributed by atoms with E-state index in [1.54, 1.807) is 25.1 Å². The maximum Gasteiger partial charge on any atom is 0.264 e. The molecular formula is C21H24FN4O2S+. The van der Waals surface area contributed by atoms with Crippen molar-refractivity contribution in [3.8, 4) is 0 Å². The van der Waals surface area contributed by atoms with Crippen LogP contribution >= 0.6 is 11.3 Å². The topological polar surface area (TPSA) is 59.6 Å². The van der Waals surface area contributed by atoms with Crippen LogP contribution in [-0.4, -0.2) is 53.1 Å². The van der Waals surface area contributed by atoms with Crippen molar-refractivity contribution >= 4 is 27.5 Å². The van der Waals surface area contributed by atoms with Gasteiger partial charge >= 0.3 is 0 Å². The SMILES string of the molecule is CC[NH+]1CCN(C(=O)c2sc3ncn(Cc4ccccc4F)c(=O)c3c2C)CC1. The van der Waals surface area contributed by atoms with Gasteiger partial charge < -0.3 is 9.80 Å². The molecule has 29 heavy (non-hydrogen) atoms. The summed E-state index contributed by atoms with van der Waals surface area (Å²) in [7, 11) is 0. The van der Waals surface area contributed by atoms with Gasteiger partial charge in [-0.1, -0.05) is 18.2 Å². The van der Waals surface area contributed by atoms with Crippen LogP contribution in [-0.2, 0) is 6.54 Å². The molecule has 8 heteroatoms. The second kappa shape index (κ2) is 8.04. The number of aryl methyl sites for hydroxylation is 1. The molecular weight excluding hydrogens is 391 g/mol. The predicted octanol–water partition coefficient (Wildman–Crippen LogP) is 1.31. The molecule has 1 aliphatic rings. The molecule has 1 aromatic carbocycles. The number of hydrogen-bond donors (Lipinski definition) is 1. The minimum absolute atomic E-state index is 0.0271. The average molecular weight is 416 g/mol. The number of quaternary nitrogens is 1. The standard InChI is InChI=1S/C21H23FN4O2S/c1-3-24-8-10-25(11-9-24)21(28)18-14(2)17-19(29-18)23-13-26(20(17)27)12-15-6-4-5-7-16(15)22/h4-7,13H,3,8-12H2,1-2H3/p+1. The monoisotopic (exact) mass is 415 g/mol. The summed E-state index contributed by atoms with van der Waals surface area (Å²) < 4.78 is 15.4. The second-order valence-electron chi connectivity index (χ2n) is 7.40. The quantitative estimate of drug-likeness (QED) is 0.699. The molecule has 1 aliphatic heterocycles. The van der Waals surface area contributed by atoms with E-state index in [9.17, 15) is 14.0 Å². The number of carbonyl (C=O) groups excluding carboxylic acids is 1. The summed E-state index contributed by atoms with van der Waals surface area (Å²) in [5, 5.41) is 0.454. The van der Waals surface area contributed by atoms with Crippen molar-refractivity contribution in [1.82, 2.24) is 14.5 Å². The number of nitrogens with zero attached hydrogens (tertiary/aromatic N) is 3. The lowest BCUT2D eigenvalue weighted by atomic mass is 10.2. The van der Waals surface area contributed by atoms with Gasteiger partial charge in [0.15, 0.2) is 0 Å². The number of fused-ring (bicyclic) bond motifs is 1. The first-order valence-corrected chi connectivity index (χ1v) is 10.7. The lowest BCUT2D eigenvalue weighted by Crippen LogP contribution is -3.14. The smallest absolute Gasteiger partial charge is 0.264 e. The van der Waals surface area contributed by atoms with E-state index >= 15 is 0 Å². The van der Waals surface area contributed by atoms with Crippen LogP contribution in [0.2, 0.25) is 0 Å². The van der Waals surface area contributed by atoms with Gasteiger partial charge in [0.05, 0.1) is 55.9 Å². The van der Waals surface area contributed by atoms with Gasteiger partial charge in [-0.05, 0) is 25.5 Å². The first-order valence-electron chi connectivity index (χ1n) is 9.84. The van der Waals surface area contributed by atoms with Gasteiger partial charge in [0.25, 0.3) is 11.5 Å². The summed E-state index contributed by atoms with van der Waals surface area (Å²) in [6.45, 7) is 8.46. The second-order valence-corrected chi connectivity index (χ2v) is 8.40. The zero-order valence-corrected chi connectivity index (χ0v) is 17.4. The van der Waals surface area contributed by atoms with Crippen molar-refractivity contribution in [2.45, 2.75) is 20.4 Å². The molecule has 0 spiro atoms. The molecule has 0 saturated carbocycles. The highest BCUT2D eigenvalue weighted by Crippen LogP contribution is 2.28. The van der Waals surface area contributed by atoms with Gasteiger partial charge in [0.2, 0.25) is 0 Å². The molecule has 0 radical (unpaired) electrons. The van der Waals surface area contributed by atoms with Crippen molar-refractivity contribution in [1.29, 1.82) is 0 Å². The third-order valence-electron chi connectivity index (χ3n) is 5.67. The number of hydrogen-bond acceptors (Lipinski definition) is 4. The van der Waals surface area contributed by atoms with Crippen molar-refractivity contribution < 1.29 is 14.1 Å². The summed E-state index contributed by atoms with van der Waals surface area (Å²) in [6.07, 6.45) is 1.44. The highest BCUT2D eigenvalue weighted by Gasteiger charge is 2.27. The van der Waals surface area contributed by atoms with Gasteiger partial charge in [-0.3, -0.25) is 14.2 Å². The molecule has 0 unspecified atom stereocenters. The Morgan fingerprint density at radius 1 is 1.28 bits per heavy atom. The molecule has 152 valence electrons. The molecule has 0 atom stereocenters. The van der Waals surface area contributed by atoms with E-state index in [-0.39, 0.29) is 23.8 Å². The summed E-state index contributed by atoms with van der Waals surface area (Å²) >= 11 is 1.27. The third-order valence-corrected chi connectivity index (χ3v) is 6.86. The highest BCUT2D eigenvalue weighted by atomic mass is 32.1. The molecule has 3 aromatic rings. The lowest BCUT2D eigenvalue weighted by Gasteiger charge is -2.31. The number of likely N-dealkylation sites (N-methyl/N-ethyl adjacent to an activating group) is 1. The number of carbonyl (C=O) groups is 1. The van der Waals surface area contributed by atoms with Crippen LogP contribution in [0.5, 0.6) is 0 Å². The summed E-state index contributed by atoms with van der Waals surface area (Å²) in [6, 6.07) is 6.38. The fourth-order valence-electron chi connectivity index (χ4n) is 3.81. The number of halogens is 1. The Kier molecular flexibility index (Phi) is 5.47. The number of piperazine rings is 1. The van der Waals surface area contributed by atoms with Crippen molar-refractivity contribution in [3.05, 3.63) is 62.8 Å². The number of amides is 1. The zero-order chi connectivity index (χ0) is 20.5. The maximum absolute atomic E-state index is 14.0. The van der Waals surface area contributed by atoms with Crippen LogP contribution in [0.4, 0.5) is 4.39 Å². The summed E-state index contributed by atoms with van der Waals surface area (Å²) in [4.78, 5) is 35.0. The van der Waals surface area contributed by atoms with E-state index < -0.39 is 0 Å². The molecule has 1 saturated heterocycles. The van der Waals surface area contributed by atoms with Crippen LogP contribution < -0.4 is 10.5 Å². The number of rotatable bonds is 4. The van der Waals surface area contributed by atoms with Gasteiger partial charge in [0, 0.05) is 5.56 Å². The summed E-state index contributed by atoms with van der Waals surface area (Å²) in [5.41, 5.74) is 0.850. The van der Waals surface area contributed by atoms with E-state index in [0.29, 0.717) is 26.2 Å². The Labute approximate surface area is 172 Å². The Bertz CT molecular complexity index is 1120. The molecule has 0 bridgehead atoms. The largest absolute Gasteiger partial charge is 0.332 e. The van der Waals surface area contributed by atoms with Crippen LogP contribution in [0.3, 0.4) is 0 Å². The Hall–Kier alpha value is -2.58. The number of thiophene rings is 1. The maximum atomic E-state index is 14.0. The van der Waals surface area contributed by atoms with Crippen LogP contribution in [0.1, 0.15) is 27.7 Å². The van der Waals surface area contributed by atoms with Crippen LogP contribution in [0.15, 0.2) is 35.4 Å². The van der Waals surface area contributed by atoms with Gasteiger partial charge in [-0.15, -0.1) is 11.3 Å². The van der Waals surface area contributed by atoms with E-state index in [1.807, 2.05) is 4.90 Å². The van der Waals surface area contributed by atoms with E-state index in [1.165, 1.54) is 33.2 Å². The van der Waals surface area contributed by atoms with Crippen molar-refractivity contribution in [2.24, 2.45) is 0 Å². The van der Waals surface area contributed by atoms with E-state index in [4.69, 9.17) is 0 Å². The first kappa shape index (κ1) is 19.7. The molecule has 1 N–H and O–H groups in total. The molecule has 4 rings (SSSR count). The third kappa shape index (κ3) is 3.70. The number of nitrogens with one attached hydrogen (secondary N) is 1. The van der Waals surface area contributed by atoms with Crippen LogP contribution in [0.25, 0.3) is 10.2 Å². The minimum Gasteiger partial charge on any atom is -0.332 e. The number of aromatic nitrogens is 2. The Balaban J connectivity index is 1.66. The number of benzene rings is 1. The molecule has 0 aliphatic carbocycles. The first-order chi connectivity index (χ1) is 14.0. The van der Waals surface area contributed by atoms with Crippen molar-refractivity contribution in [3.63, 3.8) is 0 Å². The fraction of sp³-hybridized carbons (Fsp3) is 0.381. The molecule has 1 amide bonds. The molecule has 2 aromatic heterocycles. The Morgan fingerprint density at radius 3 is 2.69 bits per heavy atom. The Morgan fingerprint density at radius 2 is 2.00 bits per heavy atom. The molecule has 6 nitrogen and oxygen atoms in total. The normalized spacial score (nSPS) is 15.2. The van der Waals surface area contributed by atoms with Gasteiger partial charge in [0.1, 0.15) is 10.6 Å². The van der Waals surface area contributed by atoms with E-state index in [2.05, 4.69) is 11.9 Å². The lowest BCUT2D eigenvalue weighted by molar-refractivity contribution is -0.902. The molecule has 3 heterocycles.